The Labute approximate surface area is 114 Å². The average molecular weight is 265 g/mol. The summed E-state index contributed by atoms with van der Waals surface area (Å²) in [5, 5.41) is 9.81. The highest BCUT2D eigenvalue weighted by Crippen LogP contribution is 2.17. The molecule has 0 atom stereocenters. The number of carboxylic acids is 1. The number of nitrogens with one attached hydrogen (secondary N) is 1. The van der Waals surface area contributed by atoms with Crippen LogP contribution >= 0.6 is 0 Å². The van der Waals surface area contributed by atoms with E-state index in [9.17, 15) is 9.59 Å². The number of aromatic nitrogens is 1. The molecule has 2 aromatic carbocycles. The second-order valence-electron chi connectivity index (χ2n) is 4.48. The highest BCUT2D eigenvalue weighted by molar-refractivity contribution is 6.10. The summed E-state index contributed by atoms with van der Waals surface area (Å²) < 4.78 is 0. The monoisotopic (exact) mass is 265 g/mol. The third-order valence-electron chi connectivity index (χ3n) is 3.17. The van der Waals surface area contributed by atoms with Gasteiger partial charge in [-0.1, -0.05) is 30.3 Å². The van der Waals surface area contributed by atoms with Crippen LogP contribution in [0.3, 0.4) is 0 Å². The number of hydrogen-bond acceptors (Lipinski definition) is 2. The van der Waals surface area contributed by atoms with Crippen LogP contribution in [0.2, 0.25) is 0 Å². The summed E-state index contributed by atoms with van der Waals surface area (Å²) in [6, 6.07) is 15.3. The molecule has 2 N–H and O–H groups in total. The van der Waals surface area contributed by atoms with E-state index < -0.39 is 5.97 Å². The number of ketones is 1. The molecule has 4 nitrogen and oxygen atoms in total. The molecule has 0 unspecified atom stereocenters. The van der Waals surface area contributed by atoms with E-state index in [1.165, 1.54) is 24.3 Å². The Balaban J connectivity index is 1.97. The third kappa shape index (κ3) is 2.07. The van der Waals surface area contributed by atoms with Crippen LogP contribution in [0.5, 0.6) is 0 Å². The van der Waals surface area contributed by atoms with Gasteiger partial charge in [-0.05, 0) is 24.3 Å². The zero-order valence-electron chi connectivity index (χ0n) is 10.5. The van der Waals surface area contributed by atoms with Crippen molar-refractivity contribution < 1.29 is 14.7 Å². The molecule has 98 valence electrons. The van der Waals surface area contributed by atoms with Gasteiger partial charge in [0.25, 0.3) is 0 Å². The quantitative estimate of drug-likeness (QED) is 0.715. The van der Waals surface area contributed by atoms with Gasteiger partial charge in [0.2, 0.25) is 5.78 Å². The van der Waals surface area contributed by atoms with Crippen molar-refractivity contribution in [2.24, 2.45) is 0 Å². The Kier molecular flexibility index (Phi) is 2.84. The lowest BCUT2D eigenvalue weighted by Gasteiger charge is -1.99. The fourth-order valence-corrected chi connectivity index (χ4v) is 2.12. The first kappa shape index (κ1) is 12.2. The van der Waals surface area contributed by atoms with Crippen molar-refractivity contribution in [1.82, 2.24) is 4.98 Å². The van der Waals surface area contributed by atoms with Gasteiger partial charge in [-0.25, -0.2) is 4.79 Å². The van der Waals surface area contributed by atoms with Crippen LogP contribution in [0.1, 0.15) is 26.4 Å². The Morgan fingerprint density at radius 1 is 0.900 bits per heavy atom. The summed E-state index contributed by atoms with van der Waals surface area (Å²) in [6.45, 7) is 0. The standard InChI is InChI=1S/C16H11NO3/c18-15(10-5-7-11(8-6-10)16(19)20)14-9-12-3-1-2-4-13(12)17-14/h1-9,17H,(H,19,20). The summed E-state index contributed by atoms with van der Waals surface area (Å²) in [6.07, 6.45) is 0. The summed E-state index contributed by atoms with van der Waals surface area (Å²) >= 11 is 0. The van der Waals surface area contributed by atoms with Gasteiger partial charge < -0.3 is 10.1 Å². The molecule has 3 aromatic rings. The third-order valence-corrected chi connectivity index (χ3v) is 3.17. The van der Waals surface area contributed by atoms with E-state index in [0.717, 1.165) is 10.9 Å². The first-order valence-electron chi connectivity index (χ1n) is 6.11. The van der Waals surface area contributed by atoms with E-state index in [1.54, 1.807) is 6.07 Å². The number of carbonyl (C=O) groups is 2. The van der Waals surface area contributed by atoms with Crippen molar-refractivity contribution >= 4 is 22.7 Å². The largest absolute Gasteiger partial charge is 0.478 e. The topological polar surface area (TPSA) is 70.2 Å². The zero-order chi connectivity index (χ0) is 14.1. The van der Waals surface area contributed by atoms with Gasteiger partial charge in [-0.2, -0.15) is 0 Å². The number of para-hydroxylation sites is 1. The van der Waals surface area contributed by atoms with Crippen molar-refractivity contribution in [3.8, 4) is 0 Å². The Morgan fingerprint density at radius 2 is 1.55 bits per heavy atom. The first-order chi connectivity index (χ1) is 9.65. The maximum atomic E-state index is 12.3. The van der Waals surface area contributed by atoms with E-state index >= 15 is 0 Å². The predicted octanol–water partition coefficient (Wildman–Crippen LogP) is 3.10. The minimum Gasteiger partial charge on any atom is -0.478 e. The molecular weight excluding hydrogens is 254 g/mol. The van der Waals surface area contributed by atoms with E-state index in [-0.39, 0.29) is 11.3 Å². The maximum absolute atomic E-state index is 12.3. The van der Waals surface area contributed by atoms with Crippen molar-refractivity contribution in [2.45, 2.75) is 0 Å². The van der Waals surface area contributed by atoms with Crippen LogP contribution in [-0.4, -0.2) is 21.8 Å². The molecule has 0 aliphatic carbocycles. The van der Waals surface area contributed by atoms with Crippen molar-refractivity contribution in [3.63, 3.8) is 0 Å². The molecular formula is C16H11NO3. The van der Waals surface area contributed by atoms with Gasteiger partial charge in [0.05, 0.1) is 11.3 Å². The Bertz CT molecular complexity index is 767. The van der Waals surface area contributed by atoms with Crippen LogP contribution in [0.15, 0.2) is 54.6 Å². The number of fused-ring (bicyclic) bond motifs is 1. The molecule has 0 saturated heterocycles. The molecule has 0 amide bonds. The number of carboxylic acid groups (broad SMARTS) is 1. The van der Waals surface area contributed by atoms with E-state index in [1.807, 2.05) is 24.3 Å². The van der Waals surface area contributed by atoms with Crippen LogP contribution in [0.4, 0.5) is 0 Å². The molecule has 0 bridgehead atoms. The highest BCUT2D eigenvalue weighted by Gasteiger charge is 2.12. The number of hydrogen-bond donors (Lipinski definition) is 2. The normalized spacial score (nSPS) is 10.6. The number of carbonyl (C=O) groups excluding carboxylic acids is 1. The fourth-order valence-electron chi connectivity index (χ4n) is 2.12. The Morgan fingerprint density at radius 3 is 2.20 bits per heavy atom. The van der Waals surface area contributed by atoms with Crippen molar-refractivity contribution in [1.29, 1.82) is 0 Å². The molecule has 0 spiro atoms. The lowest BCUT2D eigenvalue weighted by Crippen LogP contribution is -2.03. The van der Waals surface area contributed by atoms with Crippen LogP contribution in [0, 0.1) is 0 Å². The van der Waals surface area contributed by atoms with Gasteiger partial charge in [-0.15, -0.1) is 0 Å². The molecule has 0 radical (unpaired) electrons. The van der Waals surface area contributed by atoms with Crippen LogP contribution in [0.25, 0.3) is 10.9 Å². The molecule has 3 rings (SSSR count). The van der Waals surface area contributed by atoms with Gasteiger partial charge >= 0.3 is 5.97 Å². The molecule has 1 aromatic heterocycles. The van der Waals surface area contributed by atoms with E-state index in [0.29, 0.717) is 11.3 Å². The van der Waals surface area contributed by atoms with Crippen LogP contribution < -0.4 is 0 Å². The van der Waals surface area contributed by atoms with Gasteiger partial charge in [0.1, 0.15) is 0 Å². The second-order valence-corrected chi connectivity index (χ2v) is 4.48. The zero-order valence-corrected chi connectivity index (χ0v) is 10.5. The van der Waals surface area contributed by atoms with E-state index in [2.05, 4.69) is 4.98 Å². The first-order valence-corrected chi connectivity index (χ1v) is 6.11. The molecule has 0 fully saturated rings. The molecule has 20 heavy (non-hydrogen) atoms. The SMILES string of the molecule is O=C(O)c1ccc(C(=O)c2cc3ccccc3[nH]2)cc1. The number of benzene rings is 2. The predicted molar refractivity (Wildman–Crippen MR) is 75.1 cm³/mol. The number of H-pyrrole nitrogens is 1. The van der Waals surface area contributed by atoms with Crippen molar-refractivity contribution in [3.05, 3.63) is 71.4 Å². The maximum Gasteiger partial charge on any atom is 0.335 e. The van der Waals surface area contributed by atoms with Crippen molar-refractivity contribution in [2.75, 3.05) is 0 Å². The van der Waals surface area contributed by atoms with Gasteiger partial charge in [0.15, 0.2) is 0 Å². The van der Waals surface area contributed by atoms with Gasteiger partial charge in [-0.3, -0.25) is 4.79 Å². The number of aromatic amines is 1. The molecule has 4 heteroatoms. The minimum absolute atomic E-state index is 0.155. The number of rotatable bonds is 3. The second kappa shape index (κ2) is 4.66. The minimum atomic E-state index is -1.00. The lowest BCUT2D eigenvalue weighted by atomic mass is 10.1. The molecule has 0 saturated carbocycles. The van der Waals surface area contributed by atoms with E-state index in [4.69, 9.17) is 5.11 Å². The number of aromatic carboxylic acids is 1. The summed E-state index contributed by atoms with van der Waals surface area (Å²) in [5.74, 6) is -1.16. The molecule has 0 aliphatic rings. The summed E-state index contributed by atoms with van der Waals surface area (Å²) in [4.78, 5) is 26.2. The molecule has 0 aliphatic heterocycles. The van der Waals surface area contributed by atoms with Gasteiger partial charge in [0, 0.05) is 16.5 Å². The van der Waals surface area contributed by atoms with Crippen LogP contribution in [-0.2, 0) is 0 Å². The lowest BCUT2D eigenvalue weighted by molar-refractivity contribution is 0.0696. The fraction of sp³-hybridized carbons (Fsp3) is 0. The Hall–Kier alpha value is -2.88. The smallest absolute Gasteiger partial charge is 0.335 e. The molecule has 1 heterocycles. The summed E-state index contributed by atoms with van der Waals surface area (Å²) in [5.41, 5.74) is 2.02. The highest BCUT2D eigenvalue weighted by atomic mass is 16.4. The summed E-state index contributed by atoms with van der Waals surface area (Å²) in [7, 11) is 0. The average Bonchev–Trinajstić information content (AvgIpc) is 2.90.